The van der Waals surface area contributed by atoms with Crippen molar-refractivity contribution in [2.75, 3.05) is 55.0 Å². The molecule has 0 aliphatic carbocycles. The summed E-state index contributed by atoms with van der Waals surface area (Å²) in [7, 11) is 3.93. The first-order valence-electron chi connectivity index (χ1n) is 7.44. The molecule has 116 valence electrons. The molecule has 2 aromatic rings. The predicted molar refractivity (Wildman–Crippen MR) is 87.6 cm³/mol. The number of hydrogen-bond donors (Lipinski definition) is 0. The van der Waals surface area contributed by atoms with Gasteiger partial charge in [-0.15, -0.1) is 10.2 Å². The van der Waals surface area contributed by atoms with Crippen molar-refractivity contribution in [3.8, 4) is 0 Å². The molecular weight excluding hydrogens is 278 g/mol. The van der Waals surface area contributed by atoms with E-state index in [0.717, 1.165) is 49.3 Å². The Balaban J connectivity index is 1.65. The Morgan fingerprint density at radius 2 is 1.59 bits per heavy atom. The summed E-state index contributed by atoms with van der Waals surface area (Å²) in [5.74, 6) is 2.79. The Morgan fingerprint density at radius 1 is 0.909 bits per heavy atom. The fourth-order valence-corrected chi connectivity index (χ4v) is 2.58. The summed E-state index contributed by atoms with van der Waals surface area (Å²) in [5, 5.41) is 8.57. The van der Waals surface area contributed by atoms with Gasteiger partial charge in [0.05, 0.1) is 5.69 Å². The molecule has 1 saturated heterocycles. The van der Waals surface area contributed by atoms with Gasteiger partial charge in [-0.05, 0) is 19.1 Å². The fraction of sp³-hybridized carbons (Fsp3) is 0.467. The second-order valence-electron chi connectivity index (χ2n) is 5.58. The van der Waals surface area contributed by atoms with Crippen molar-refractivity contribution >= 4 is 17.5 Å². The van der Waals surface area contributed by atoms with Gasteiger partial charge in [0.2, 0.25) is 0 Å². The van der Waals surface area contributed by atoms with Gasteiger partial charge in [0, 0.05) is 52.7 Å². The van der Waals surface area contributed by atoms with Crippen LogP contribution in [0.15, 0.2) is 24.5 Å². The first-order chi connectivity index (χ1) is 10.6. The number of piperazine rings is 1. The minimum Gasteiger partial charge on any atom is -0.361 e. The molecule has 1 aliphatic heterocycles. The van der Waals surface area contributed by atoms with E-state index in [0.29, 0.717) is 0 Å². The van der Waals surface area contributed by atoms with E-state index in [-0.39, 0.29) is 0 Å². The van der Waals surface area contributed by atoms with Crippen molar-refractivity contribution in [3.05, 3.63) is 30.2 Å². The second-order valence-corrected chi connectivity index (χ2v) is 5.58. The molecular formula is C15H21N7. The summed E-state index contributed by atoms with van der Waals surface area (Å²) < 4.78 is 0. The molecule has 7 heteroatoms. The molecule has 0 spiro atoms. The zero-order chi connectivity index (χ0) is 15.5. The number of hydrogen-bond acceptors (Lipinski definition) is 7. The third-order valence-electron chi connectivity index (χ3n) is 3.85. The van der Waals surface area contributed by atoms with Crippen LogP contribution >= 0.6 is 0 Å². The van der Waals surface area contributed by atoms with Crippen molar-refractivity contribution in [2.24, 2.45) is 0 Å². The van der Waals surface area contributed by atoms with E-state index in [9.17, 15) is 0 Å². The highest BCUT2D eigenvalue weighted by Crippen LogP contribution is 2.19. The van der Waals surface area contributed by atoms with E-state index < -0.39 is 0 Å². The van der Waals surface area contributed by atoms with Gasteiger partial charge in [0.25, 0.3) is 0 Å². The second kappa shape index (κ2) is 6.13. The van der Waals surface area contributed by atoms with Crippen molar-refractivity contribution in [1.82, 2.24) is 20.2 Å². The zero-order valence-corrected chi connectivity index (χ0v) is 13.3. The van der Waals surface area contributed by atoms with E-state index in [1.165, 1.54) is 0 Å². The van der Waals surface area contributed by atoms with Crippen molar-refractivity contribution in [3.63, 3.8) is 0 Å². The van der Waals surface area contributed by atoms with E-state index in [4.69, 9.17) is 0 Å². The SMILES string of the molecule is Cc1nccnc1N1CCN(c2ccc(N(C)C)nn2)CC1. The number of aryl methyl sites for hydroxylation is 1. The summed E-state index contributed by atoms with van der Waals surface area (Å²) in [5.41, 5.74) is 0.978. The lowest BCUT2D eigenvalue weighted by Gasteiger charge is -2.36. The Bertz CT molecular complexity index is 618. The summed E-state index contributed by atoms with van der Waals surface area (Å²) in [4.78, 5) is 15.2. The average Bonchev–Trinajstić information content (AvgIpc) is 2.56. The van der Waals surface area contributed by atoms with E-state index in [1.807, 2.05) is 38.1 Å². The molecule has 0 N–H and O–H groups in total. The topological polar surface area (TPSA) is 61.3 Å². The summed E-state index contributed by atoms with van der Waals surface area (Å²) in [6.07, 6.45) is 3.48. The Kier molecular flexibility index (Phi) is 4.04. The molecule has 0 atom stereocenters. The van der Waals surface area contributed by atoms with Crippen LogP contribution in [0.5, 0.6) is 0 Å². The van der Waals surface area contributed by atoms with Gasteiger partial charge in [-0.3, -0.25) is 4.98 Å². The van der Waals surface area contributed by atoms with Crippen LogP contribution in [-0.2, 0) is 0 Å². The highest BCUT2D eigenvalue weighted by molar-refractivity contribution is 5.48. The molecule has 22 heavy (non-hydrogen) atoms. The molecule has 1 aliphatic rings. The predicted octanol–water partition coefficient (Wildman–Crippen LogP) is 0.968. The van der Waals surface area contributed by atoms with Gasteiger partial charge in [0.15, 0.2) is 11.6 Å². The standard InChI is InChI=1S/C15H21N7/c1-12-15(17-7-6-16-12)22-10-8-21(9-11-22)14-5-4-13(18-19-14)20(2)3/h4-7H,8-11H2,1-3H3. The van der Waals surface area contributed by atoms with Crippen LogP contribution in [0.2, 0.25) is 0 Å². The lowest BCUT2D eigenvalue weighted by Crippen LogP contribution is -2.47. The Morgan fingerprint density at radius 3 is 2.18 bits per heavy atom. The van der Waals surface area contributed by atoms with Crippen LogP contribution < -0.4 is 14.7 Å². The summed E-state index contributed by atoms with van der Waals surface area (Å²) in [6, 6.07) is 4.03. The molecule has 7 nitrogen and oxygen atoms in total. The van der Waals surface area contributed by atoms with Gasteiger partial charge in [-0.2, -0.15) is 0 Å². The summed E-state index contributed by atoms with van der Waals surface area (Å²) >= 11 is 0. The molecule has 0 saturated carbocycles. The van der Waals surface area contributed by atoms with E-state index in [1.54, 1.807) is 12.4 Å². The molecule has 0 aromatic carbocycles. The molecule has 2 aromatic heterocycles. The highest BCUT2D eigenvalue weighted by Gasteiger charge is 2.20. The van der Waals surface area contributed by atoms with Crippen molar-refractivity contribution in [1.29, 1.82) is 0 Å². The van der Waals surface area contributed by atoms with Gasteiger partial charge in [0.1, 0.15) is 5.82 Å². The maximum Gasteiger partial charge on any atom is 0.151 e. The van der Waals surface area contributed by atoms with Crippen LogP contribution in [0.25, 0.3) is 0 Å². The van der Waals surface area contributed by atoms with Gasteiger partial charge in [-0.25, -0.2) is 4.98 Å². The Hall–Kier alpha value is -2.44. The van der Waals surface area contributed by atoms with Crippen molar-refractivity contribution < 1.29 is 0 Å². The number of nitrogens with zero attached hydrogens (tertiary/aromatic N) is 7. The zero-order valence-electron chi connectivity index (χ0n) is 13.3. The molecule has 0 unspecified atom stereocenters. The Labute approximate surface area is 130 Å². The third kappa shape index (κ3) is 2.93. The largest absolute Gasteiger partial charge is 0.361 e. The first kappa shape index (κ1) is 14.5. The van der Waals surface area contributed by atoms with Crippen LogP contribution in [-0.4, -0.2) is 60.4 Å². The number of rotatable bonds is 3. The fourth-order valence-electron chi connectivity index (χ4n) is 2.58. The molecule has 3 rings (SSSR count). The molecule has 0 bridgehead atoms. The lowest BCUT2D eigenvalue weighted by molar-refractivity contribution is 0.635. The van der Waals surface area contributed by atoms with Gasteiger partial charge < -0.3 is 14.7 Å². The van der Waals surface area contributed by atoms with E-state index >= 15 is 0 Å². The first-order valence-corrected chi connectivity index (χ1v) is 7.44. The van der Waals surface area contributed by atoms with Gasteiger partial charge >= 0.3 is 0 Å². The smallest absolute Gasteiger partial charge is 0.151 e. The lowest BCUT2D eigenvalue weighted by atomic mass is 10.3. The maximum absolute atomic E-state index is 4.44. The molecule has 0 radical (unpaired) electrons. The minimum absolute atomic E-state index is 0.873. The van der Waals surface area contributed by atoms with Crippen molar-refractivity contribution in [2.45, 2.75) is 6.92 Å². The average molecular weight is 299 g/mol. The minimum atomic E-state index is 0.873. The number of anilines is 3. The molecule has 1 fully saturated rings. The highest BCUT2D eigenvalue weighted by atomic mass is 15.3. The molecule has 0 amide bonds. The maximum atomic E-state index is 4.44. The molecule has 3 heterocycles. The number of aromatic nitrogens is 4. The van der Waals surface area contributed by atoms with Gasteiger partial charge in [-0.1, -0.05) is 0 Å². The van der Waals surface area contributed by atoms with E-state index in [2.05, 4.69) is 30.0 Å². The van der Waals surface area contributed by atoms with Crippen LogP contribution in [0, 0.1) is 6.92 Å². The monoisotopic (exact) mass is 299 g/mol. The summed E-state index contributed by atoms with van der Waals surface area (Å²) in [6.45, 7) is 5.64. The van der Waals surface area contributed by atoms with Crippen LogP contribution in [0.4, 0.5) is 17.5 Å². The third-order valence-corrected chi connectivity index (χ3v) is 3.85. The van der Waals surface area contributed by atoms with Crippen LogP contribution in [0.3, 0.4) is 0 Å². The normalized spacial score (nSPS) is 15.0. The quantitative estimate of drug-likeness (QED) is 0.836. The van der Waals surface area contributed by atoms with Crippen LogP contribution in [0.1, 0.15) is 5.69 Å².